The van der Waals surface area contributed by atoms with Gasteiger partial charge < -0.3 is 10.5 Å². The minimum atomic E-state index is -0.671. The lowest BCUT2D eigenvalue weighted by molar-refractivity contribution is -0.145. The first-order chi connectivity index (χ1) is 8.11. The first kappa shape index (κ1) is 16.9. The van der Waals surface area contributed by atoms with Crippen molar-refractivity contribution < 1.29 is 9.53 Å². The number of esters is 1. The number of hydrogen-bond acceptors (Lipinski definition) is 3. The van der Waals surface area contributed by atoms with E-state index in [1.807, 2.05) is 30.3 Å². The van der Waals surface area contributed by atoms with Gasteiger partial charge in [0.1, 0.15) is 6.04 Å². The predicted molar refractivity (Wildman–Crippen MR) is 75.6 cm³/mol. The van der Waals surface area contributed by atoms with Crippen molar-refractivity contribution in [1.82, 2.24) is 0 Å². The van der Waals surface area contributed by atoms with Crippen LogP contribution in [0.2, 0.25) is 0 Å². The van der Waals surface area contributed by atoms with E-state index in [1.165, 1.54) is 0 Å². The zero-order valence-electron chi connectivity index (χ0n) is 11.0. The van der Waals surface area contributed by atoms with Gasteiger partial charge in [0.15, 0.2) is 0 Å². The van der Waals surface area contributed by atoms with Gasteiger partial charge in [0.05, 0.1) is 6.61 Å². The molecule has 0 spiro atoms. The van der Waals surface area contributed by atoms with Gasteiger partial charge in [-0.3, -0.25) is 0 Å². The second-order valence-electron chi connectivity index (χ2n) is 4.59. The second kappa shape index (κ2) is 8.95. The molecule has 0 aliphatic carbocycles. The maximum absolute atomic E-state index is 11.6. The predicted octanol–water partition coefficient (Wildman–Crippen LogP) is 3.09. The number of hydrogen-bond donors (Lipinski definition) is 1. The van der Waals surface area contributed by atoms with Gasteiger partial charge in [-0.25, -0.2) is 4.79 Å². The van der Waals surface area contributed by atoms with E-state index in [4.69, 9.17) is 10.5 Å². The summed E-state index contributed by atoms with van der Waals surface area (Å²) in [7, 11) is 0. The molecule has 1 atom stereocenters. The summed E-state index contributed by atoms with van der Waals surface area (Å²) in [4.78, 5) is 11.6. The average molecular weight is 272 g/mol. The molecule has 3 nitrogen and oxygen atoms in total. The fraction of sp³-hybridized carbons (Fsp3) is 0.500. The summed E-state index contributed by atoms with van der Waals surface area (Å²) >= 11 is 0. The van der Waals surface area contributed by atoms with Crippen molar-refractivity contribution in [1.29, 1.82) is 0 Å². The SMILES string of the molecule is CC(C)CCCOC(=O)C(N)c1ccccc1.Cl. The zero-order chi connectivity index (χ0) is 12.7. The third kappa shape index (κ3) is 6.03. The summed E-state index contributed by atoms with van der Waals surface area (Å²) in [5.74, 6) is 0.288. The minimum Gasteiger partial charge on any atom is -0.464 e. The van der Waals surface area contributed by atoms with Crippen molar-refractivity contribution in [3.8, 4) is 0 Å². The number of rotatable bonds is 6. The standard InChI is InChI=1S/C14H21NO2.ClH/c1-11(2)7-6-10-17-14(16)13(15)12-8-4-3-5-9-12;/h3-5,8-9,11,13H,6-7,10,15H2,1-2H3;1H. The summed E-state index contributed by atoms with van der Waals surface area (Å²) in [6.45, 7) is 4.76. The molecule has 0 heterocycles. The van der Waals surface area contributed by atoms with Crippen molar-refractivity contribution in [2.45, 2.75) is 32.7 Å². The van der Waals surface area contributed by atoms with Crippen LogP contribution in [-0.4, -0.2) is 12.6 Å². The first-order valence-electron chi connectivity index (χ1n) is 6.08. The molecule has 0 aliphatic rings. The van der Waals surface area contributed by atoms with E-state index in [0.717, 1.165) is 18.4 Å². The lowest BCUT2D eigenvalue weighted by atomic mass is 10.1. The molecule has 0 fully saturated rings. The van der Waals surface area contributed by atoms with Crippen molar-refractivity contribution in [3.63, 3.8) is 0 Å². The van der Waals surface area contributed by atoms with E-state index in [1.54, 1.807) is 0 Å². The summed E-state index contributed by atoms with van der Waals surface area (Å²) in [5, 5.41) is 0. The van der Waals surface area contributed by atoms with Gasteiger partial charge in [-0.2, -0.15) is 0 Å². The van der Waals surface area contributed by atoms with Gasteiger partial charge in [0.2, 0.25) is 0 Å². The topological polar surface area (TPSA) is 52.3 Å². The molecule has 102 valence electrons. The Morgan fingerprint density at radius 3 is 2.44 bits per heavy atom. The van der Waals surface area contributed by atoms with Gasteiger partial charge in [0, 0.05) is 0 Å². The number of halogens is 1. The summed E-state index contributed by atoms with van der Waals surface area (Å²) in [6.07, 6.45) is 1.96. The molecule has 2 N–H and O–H groups in total. The van der Waals surface area contributed by atoms with E-state index < -0.39 is 6.04 Å². The van der Waals surface area contributed by atoms with Crippen molar-refractivity contribution >= 4 is 18.4 Å². The molecule has 1 aromatic rings. The van der Waals surface area contributed by atoms with Crippen LogP contribution >= 0.6 is 12.4 Å². The number of carbonyl (C=O) groups excluding carboxylic acids is 1. The smallest absolute Gasteiger partial charge is 0.327 e. The third-order valence-electron chi connectivity index (χ3n) is 2.58. The lowest BCUT2D eigenvalue weighted by Crippen LogP contribution is -2.24. The molecule has 0 amide bonds. The summed E-state index contributed by atoms with van der Waals surface area (Å²) in [6, 6.07) is 8.61. The van der Waals surface area contributed by atoms with Crippen LogP contribution in [0, 0.1) is 5.92 Å². The van der Waals surface area contributed by atoms with Crippen LogP contribution in [0.15, 0.2) is 30.3 Å². The molecular formula is C14H22ClNO2. The molecular weight excluding hydrogens is 250 g/mol. The average Bonchev–Trinajstić information content (AvgIpc) is 2.34. The first-order valence-corrected chi connectivity index (χ1v) is 6.08. The molecule has 0 saturated heterocycles. The van der Waals surface area contributed by atoms with Crippen molar-refractivity contribution in [2.75, 3.05) is 6.61 Å². The van der Waals surface area contributed by atoms with Crippen molar-refractivity contribution in [3.05, 3.63) is 35.9 Å². The van der Waals surface area contributed by atoms with E-state index in [0.29, 0.717) is 12.5 Å². The van der Waals surface area contributed by atoms with Crippen LogP contribution in [0.5, 0.6) is 0 Å². The zero-order valence-corrected chi connectivity index (χ0v) is 11.8. The van der Waals surface area contributed by atoms with Gasteiger partial charge in [-0.15, -0.1) is 12.4 Å². The highest BCUT2D eigenvalue weighted by molar-refractivity contribution is 5.85. The number of carbonyl (C=O) groups is 1. The van der Waals surface area contributed by atoms with Crippen molar-refractivity contribution in [2.24, 2.45) is 11.7 Å². The Labute approximate surface area is 115 Å². The Balaban J connectivity index is 0.00000289. The Morgan fingerprint density at radius 1 is 1.28 bits per heavy atom. The van der Waals surface area contributed by atoms with Crippen LogP contribution in [-0.2, 0) is 9.53 Å². The monoisotopic (exact) mass is 271 g/mol. The van der Waals surface area contributed by atoms with Crippen LogP contribution in [0.1, 0.15) is 38.3 Å². The minimum absolute atomic E-state index is 0. The fourth-order valence-corrected chi connectivity index (χ4v) is 1.55. The Bertz CT molecular complexity index is 341. The normalized spacial score (nSPS) is 11.8. The molecule has 1 aromatic carbocycles. The number of ether oxygens (including phenoxy) is 1. The Kier molecular flexibility index (Phi) is 8.42. The van der Waals surface area contributed by atoms with E-state index in [9.17, 15) is 4.79 Å². The second-order valence-corrected chi connectivity index (χ2v) is 4.59. The van der Waals surface area contributed by atoms with E-state index in [2.05, 4.69) is 13.8 Å². The van der Waals surface area contributed by atoms with E-state index >= 15 is 0 Å². The molecule has 4 heteroatoms. The van der Waals surface area contributed by atoms with Gasteiger partial charge in [-0.05, 0) is 24.3 Å². The molecule has 0 aliphatic heterocycles. The van der Waals surface area contributed by atoms with Crippen LogP contribution < -0.4 is 5.73 Å². The van der Waals surface area contributed by atoms with Crippen LogP contribution in [0.4, 0.5) is 0 Å². The summed E-state index contributed by atoms with van der Waals surface area (Å²) in [5.41, 5.74) is 6.60. The third-order valence-corrected chi connectivity index (χ3v) is 2.58. The largest absolute Gasteiger partial charge is 0.464 e. The highest BCUT2D eigenvalue weighted by Gasteiger charge is 2.16. The Morgan fingerprint density at radius 2 is 1.89 bits per heavy atom. The highest BCUT2D eigenvalue weighted by Crippen LogP contribution is 2.11. The maximum Gasteiger partial charge on any atom is 0.327 e. The van der Waals surface area contributed by atoms with Crippen LogP contribution in [0.25, 0.3) is 0 Å². The quantitative estimate of drug-likeness (QED) is 0.639. The highest BCUT2D eigenvalue weighted by atomic mass is 35.5. The lowest BCUT2D eigenvalue weighted by Gasteiger charge is -2.12. The molecule has 18 heavy (non-hydrogen) atoms. The van der Waals surface area contributed by atoms with Gasteiger partial charge in [0.25, 0.3) is 0 Å². The number of nitrogens with two attached hydrogens (primary N) is 1. The van der Waals surface area contributed by atoms with Gasteiger partial charge >= 0.3 is 5.97 Å². The molecule has 0 bridgehead atoms. The molecule has 0 radical (unpaired) electrons. The fourth-order valence-electron chi connectivity index (χ4n) is 1.55. The summed E-state index contributed by atoms with van der Waals surface area (Å²) < 4.78 is 5.14. The molecule has 1 rings (SSSR count). The Hall–Kier alpha value is -1.06. The maximum atomic E-state index is 11.6. The van der Waals surface area contributed by atoms with Gasteiger partial charge in [-0.1, -0.05) is 44.2 Å². The molecule has 0 aromatic heterocycles. The molecule has 0 saturated carbocycles. The van der Waals surface area contributed by atoms with E-state index in [-0.39, 0.29) is 18.4 Å². The van der Waals surface area contributed by atoms with Crippen LogP contribution in [0.3, 0.4) is 0 Å². The molecule has 1 unspecified atom stereocenters. The number of benzene rings is 1.